The first-order valence-corrected chi connectivity index (χ1v) is 6.71. The van der Waals surface area contributed by atoms with Crippen LogP contribution in [0.3, 0.4) is 0 Å². The summed E-state index contributed by atoms with van der Waals surface area (Å²) in [5, 5.41) is 7.14. The van der Waals surface area contributed by atoms with Crippen molar-refractivity contribution in [1.82, 2.24) is 10.3 Å². The molecule has 5 N–H and O–H groups in total. The molecule has 0 saturated heterocycles. The smallest absolute Gasteiger partial charge is 0.254 e. The fourth-order valence-electron chi connectivity index (χ4n) is 1.21. The van der Waals surface area contributed by atoms with E-state index in [0.29, 0.717) is 0 Å². The van der Waals surface area contributed by atoms with Crippen molar-refractivity contribution in [2.45, 2.75) is 6.42 Å². The first-order valence-electron chi connectivity index (χ1n) is 5.00. The van der Waals surface area contributed by atoms with Crippen LogP contribution < -0.4 is 16.2 Å². The van der Waals surface area contributed by atoms with Gasteiger partial charge in [0.05, 0.1) is 11.3 Å². The highest BCUT2D eigenvalue weighted by Gasteiger charge is 2.14. The largest absolute Gasteiger partial charge is 0.381 e. The molecular weight excluding hydrogens is 263 g/mol. The van der Waals surface area contributed by atoms with Crippen molar-refractivity contribution in [3.05, 3.63) is 23.6 Å². The van der Waals surface area contributed by atoms with Gasteiger partial charge in [0, 0.05) is 12.7 Å². The molecule has 9 heteroatoms. The van der Waals surface area contributed by atoms with E-state index in [9.17, 15) is 17.6 Å². The lowest BCUT2D eigenvalue weighted by atomic mass is 10.2. The second kappa shape index (κ2) is 5.74. The average Bonchev–Trinajstić information content (AvgIpc) is 2.26. The monoisotopic (exact) mass is 276 g/mol. The molecule has 1 rings (SSSR count). The van der Waals surface area contributed by atoms with Gasteiger partial charge in [-0.3, -0.25) is 4.79 Å². The van der Waals surface area contributed by atoms with Crippen LogP contribution in [-0.2, 0) is 10.0 Å². The maximum atomic E-state index is 13.4. The van der Waals surface area contributed by atoms with Crippen LogP contribution in [-0.4, -0.2) is 31.6 Å². The van der Waals surface area contributed by atoms with E-state index in [1.165, 1.54) is 12.3 Å². The number of carbonyl (C=O) groups is 1. The number of nitrogen functional groups attached to an aromatic ring is 1. The normalized spacial score (nSPS) is 11.2. The van der Waals surface area contributed by atoms with Gasteiger partial charge in [-0.2, -0.15) is 0 Å². The molecule has 0 bridgehead atoms. The van der Waals surface area contributed by atoms with Crippen LogP contribution in [0, 0.1) is 5.82 Å². The number of carbonyl (C=O) groups excluding carboxylic acids is 1. The maximum Gasteiger partial charge on any atom is 0.254 e. The fraction of sp³-hybridized carbons (Fsp3) is 0.333. The number of primary sulfonamides is 1. The summed E-state index contributed by atoms with van der Waals surface area (Å²) in [6, 6.07) is 1.18. The van der Waals surface area contributed by atoms with Gasteiger partial charge in [0.25, 0.3) is 5.91 Å². The third-order valence-electron chi connectivity index (χ3n) is 2.05. The number of hydrogen-bond donors (Lipinski definition) is 3. The highest BCUT2D eigenvalue weighted by molar-refractivity contribution is 7.89. The Morgan fingerprint density at radius 1 is 1.50 bits per heavy atom. The quantitative estimate of drug-likeness (QED) is 0.607. The molecule has 0 saturated carbocycles. The number of sulfonamides is 1. The molecule has 1 aromatic rings. The summed E-state index contributed by atoms with van der Waals surface area (Å²) >= 11 is 0. The Balaban J connectivity index is 2.54. The number of halogens is 1. The molecule has 0 aromatic carbocycles. The number of nitrogens with two attached hydrogens (primary N) is 2. The number of rotatable bonds is 5. The highest BCUT2D eigenvalue weighted by Crippen LogP contribution is 2.11. The van der Waals surface area contributed by atoms with Crippen LogP contribution in [0.15, 0.2) is 12.3 Å². The van der Waals surface area contributed by atoms with Crippen molar-refractivity contribution in [1.29, 1.82) is 0 Å². The molecule has 0 spiro atoms. The van der Waals surface area contributed by atoms with Crippen molar-refractivity contribution in [3.63, 3.8) is 0 Å². The van der Waals surface area contributed by atoms with Gasteiger partial charge in [-0.05, 0) is 12.5 Å². The minimum absolute atomic E-state index is 0.0664. The van der Waals surface area contributed by atoms with Crippen molar-refractivity contribution >= 4 is 21.7 Å². The number of pyridine rings is 1. The van der Waals surface area contributed by atoms with E-state index in [1.807, 2.05) is 0 Å². The maximum absolute atomic E-state index is 13.4. The van der Waals surface area contributed by atoms with E-state index in [0.717, 1.165) is 0 Å². The number of anilines is 1. The van der Waals surface area contributed by atoms with Gasteiger partial charge in [0.15, 0.2) is 11.6 Å². The lowest BCUT2D eigenvalue weighted by Gasteiger charge is -2.06. The first-order chi connectivity index (χ1) is 8.31. The zero-order valence-electron chi connectivity index (χ0n) is 9.39. The fourth-order valence-corrected chi connectivity index (χ4v) is 1.75. The van der Waals surface area contributed by atoms with E-state index in [1.54, 1.807) is 0 Å². The minimum atomic E-state index is -3.56. The van der Waals surface area contributed by atoms with Gasteiger partial charge < -0.3 is 11.1 Å². The molecule has 0 aliphatic carbocycles. The van der Waals surface area contributed by atoms with Gasteiger partial charge in [-0.1, -0.05) is 0 Å². The number of amides is 1. The third kappa shape index (κ3) is 4.26. The molecule has 1 heterocycles. The molecule has 7 nitrogen and oxygen atoms in total. The molecule has 0 atom stereocenters. The number of aromatic nitrogens is 1. The predicted molar refractivity (Wildman–Crippen MR) is 63.5 cm³/mol. The second-order valence-electron chi connectivity index (χ2n) is 3.53. The summed E-state index contributed by atoms with van der Waals surface area (Å²) < 4.78 is 34.6. The van der Waals surface area contributed by atoms with Crippen LogP contribution in [0.2, 0.25) is 0 Å². The molecule has 0 aliphatic rings. The lowest BCUT2D eigenvalue weighted by Crippen LogP contribution is -2.28. The molecule has 0 radical (unpaired) electrons. The van der Waals surface area contributed by atoms with E-state index in [2.05, 4.69) is 10.3 Å². The Labute approximate surface area is 103 Å². The van der Waals surface area contributed by atoms with Crippen LogP contribution in [0.1, 0.15) is 16.8 Å². The average molecular weight is 276 g/mol. The van der Waals surface area contributed by atoms with Gasteiger partial charge >= 0.3 is 0 Å². The first kappa shape index (κ1) is 14.3. The standard InChI is InChI=1S/C9H13FN4O3S/c10-7-6(2-4-13-8(7)11)9(15)14-3-1-5-18(12,16)17/h2,4H,1,3,5H2,(H2,11,13)(H,14,15)(H2,12,16,17). The zero-order valence-corrected chi connectivity index (χ0v) is 10.2. The van der Waals surface area contributed by atoms with E-state index in [4.69, 9.17) is 10.9 Å². The van der Waals surface area contributed by atoms with E-state index in [-0.39, 0.29) is 30.1 Å². The summed E-state index contributed by atoms with van der Waals surface area (Å²) in [7, 11) is -3.56. The molecule has 0 unspecified atom stereocenters. The summed E-state index contributed by atoms with van der Waals surface area (Å²) in [4.78, 5) is 15.0. The lowest BCUT2D eigenvalue weighted by molar-refractivity contribution is 0.0949. The van der Waals surface area contributed by atoms with Gasteiger partial charge in [0.2, 0.25) is 10.0 Å². The van der Waals surface area contributed by atoms with Gasteiger partial charge in [-0.15, -0.1) is 0 Å². The molecule has 18 heavy (non-hydrogen) atoms. The van der Waals surface area contributed by atoms with Crippen LogP contribution in [0.25, 0.3) is 0 Å². The van der Waals surface area contributed by atoms with E-state index >= 15 is 0 Å². The molecular formula is C9H13FN4O3S. The van der Waals surface area contributed by atoms with Crippen LogP contribution in [0.4, 0.5) is 10.2 Å². The van der Waals surface area contributed by atoms with Gasteiger partial charge in [0.1, 0.15) is 0 Å². The topological polar surface area (TPSA) is 128 Å². The summed E-state index contributed by atoms with van der Waals surface area (Å²) in [5.41, 5.74) is 4.97. The number of nitrogens with zero attached hydrogens (tertiary/aromatic N) is 1. The Hall–Kier alpha value is -1.74. The van der Waals surface area contributed by atoms with Crippen molar-refractivity contribution < 1.29 is 17.6 Å². The van der Waals surface area contributed by atoms with Crippen molar-refractivity contribution in [2.75, 3.05) is 18.0 Å². The van der Waals surface area contributed by atoms with Crippen LogP contribution in [0.5, 0.6) is 0 Å². The Morgan fingerprint density at radius 3 is 2.78 bits per heavy atom. The van der Waals surface area contributed by atoms with Crippen LogP contribution >= 0.6 is 0 Å². The molecule has 1 aromatic heterocycles. The molecule has 0 fully saturated rings. The zero-order chi connectivity index (χ0) is 13.8. The van der Waals surface area contributed by atoms with Gasteiger partial charge in [-0.25, -0.2) is 22.9 Å². The highest BCUT2D eigenvalue weighted by atomic mass is 32.2. The Morgan fingerprint density at radius 2 is 2.17 bits per heavy atom. The summed E-state index contributed by atoms with van der Waals surface area (Å²) in [6.07, 6.45) is 1.35. The third-order valence-corrected chi connectivity index (χ3v) is 2.91. The van der Waals surface area contributed by atoms with Crippen molar-refractivity contribution in [2.24, 2.45) is 5.14 Å². The van der Waals surface area contributed by atoms with Crippen molar-refractivity contribution in [3.8, 4) is 0 Å². The van der Waals surface area contributed by atoms with E-state index < -0.39 is 21.7 Å². The second-order valence-corrected chi connectivity index (χ2v) is 5.27. The SMILES string of the molecule is Nc1nccc(C(=O)NCCCS(N)(=O)=O)c1F. The summed E-state index contributed by atoms with van der Waals surface area (Å²) in [6.45, 7) is 0.0664. The number of hydrogen-bond acceptors (Lipinski definition) is 5. The Bertz CT molecular complexity index is 547. The number of nitrogens with one attached hydrogen (secondary N) is 1. The predicted octanol–water partition coefficient (Wildman–Crippen LogP) is -0.789. The Kier molecular flexibility index (Phi) is 4.56. The summed E-state index contributed by atoms with van der Waals surface area (Å²) in [5.74, 6) is -2.21. The minimum Gasteiger partial charge on any atom is -0.381 e. The molecule has 0 aliphatic heterocycles. The molecule has 100 valence electrons. The molecule has 1 amide bonds.